The van der Waals surface area contributed by atoms with E-state index >= 15 is 4.79 Å². The fourth-order valence-electron chi connectivity index (χ4n) is 5.97. The molecule has 7 atom stereocenters. The van der Waals surface area contributed by atoms with Crippen LogP contribution in [-0.2, 0) is 43.8 Å². The van der Waals surface area contributed by atoms with E-state index in [1.165, 1.54) is 14.2 Å². The van der Waals surface area contributed by atoms with Gasteiger partial charge in [0.1, 0.15) is 17.1 Å². The fraction of sp³-hybridized carbons (Fsp3) is 0.814. The zero-order valence-electron chi connectivity index (χ0n) is 39.4. The largest absolute Gasteiger partial charge is 0.497 e. The minimum Gasteiger partial charge on any atom is -0.497 e. The summed E-state index contributed by atoms with van der Waals surface area (Å²) in [4.78, 5) is 33.8. The first kappa shape index (κ1) is 51.7. The van der Waals surface area contributed by atoms with Crippen molar-refractivity contribution in [2.75, 3.05) is 41.1 Å². The van der Waals surface area contributed by atoms with E-state index in [0.717, 1.165) is 16.4 Å². The number of rotatable bonds is 22. The second-order valence-electron chi connectivity index (χ2n) is 21.0. The second-order valence-corrected chi connectivity index (χ2v) is 35.3. The topological polar surface area (TPSA) is 126 Å². The molecule has 0 radical (unpaired) electrons. The van der Waals surface area contributed by atoms with Crippen molar-refractivity contribution in [2.24, 2.45) is 17.8 Å². The van der Waals surface area contributed by atoms with Crippen LogP contribution >= 0.6 is 0 Å². The Kier molecular flexibility index (Phi) is 17.7. The SMILES string of the molecule is COc1ccc(COC[C@H](C)[C@H]2OC2(C)[C@@H](O[Si](C)(C)C(C)(C)C)[C@@H](CO[Si](C)(C)C(C)(C)C)C(=O)[C@@H](CO[Si](C)(C)C(C)(C)C)[C@H](O)CC(=O)N(C)OC)cc1. The van der Waals surface area contributed by atoms with Crippen LogP contribution in [0.25, 0.3) is 0 Å². The summed E-state index contributed by atoms with van der Waals surface area (Å²) in [6.45, 7) is 37.5. The average Bonchev–Trinajstić information content (AvgIpc) is 3.78. The quantitative estimate of drug-likeness (QED) is 0.0687. The first-order valence-electron chi connectivity index (χ1n) is 20.6. The molecule has 0 saturated carbocycles. The molecule has 0 aliphatic carbocycles. The number of hydrogen-bond donors (Lipinski definition) is 1. The smallest absolute Gasteiger partial charge is 0.248 e. The van der Waals surface area contributed by atoms with Crippen LogP contribution in [0.5, 0.6) is 5.75 Å². The van der Waals surface area contributed by atoms with Crippen LogP contribution in [0.1, 0.15) is 88.1 Å². The molecular weight excluding hydrogens is 775 g/mol. The van der Waals surface area contributed by atoms with Crippen LogP contribution in [0.15, 0.2) is 24.3 Å². The third-order valence-electron chi connectivity index (χ3n) is 13.4. The maximum absolute atomic E-state index is 15.5. The lowest BCUT2D eigenvalue weighted by Crippen LogP contribution is -2.56. The van der Waals surface area contributed by atoms with Crippen molar-refractivity contribution in [3.05, 3.63) is 29.8 Å². The minimum absolute atomic E-state index is 0.0265. The molecule has 1 fully saturated rings. The van der Waals surface area contributed by atoms with Crippen molar-refractivity contribution in [1.82, 2.24) is 5.06 Å². The Morgan fingerprint density at radius 2 is 1.28 bits per heavy atom. The van der Waals surface area contributed by atoms with Crippen molar-refractivity contribution in [3.63, 3.8) is 0 Å². The summed E-state index contributed by atoms with van der Waals surface area (Å²) in [7, 11) is -2.83. The summed E-state index contributed by atoms with van der Waals surface area (Å²) in [5.41, 5.74) is 0.173. The van der Waals surface area contributed by atoms with Gasteiger partial charge < -0.3 is 32.6 Å². The van der Waals surface area contributed by atoms with Crippen LogP contribution in [0.2, 0.25) is 54.4 Å². The highest BCUT2D eigenvalue weighted by atomic mass is 28.4. The van der Waals surface area contributed by atoms with Crippen molar-refractivity contribution >= 4 is 36.6 Å². The molecule has 1 aromatic rings. The van der Waals surface area contributed by atoms with Gasteiger partial charge in [0.25, 0.3) is 0 Å². The van der Waals surface area contributed by atoms with E-state index in [1.807, 2.05) is 31.2 Å². The molecule has 1 aromatic carbocycles. The van der Waals surface area contributed by atoms with E-state index in [-0.39, 0.29) is 52.6 Å². The van der Waals surface area contributed by atoms with Gasteiger partial charge in [-0.2, -0.15) is 0 Å². The Bertz CT molecular complexity index is 1450. The summed E-state index contributed by atoms with van der Waals surface area (Å²) < 4.78 is 39.2. The summed E-state index contributed by atoms with van der Waals surface area (Å²) in [5.74, 6) is -1.82. The van der Waals surface area contributed by atoms with Crippen molar-refractivity contribution in [2.45, 2.75) is 167 Å². The van der Waals surface area contributed by atoms with Gasteiger partial charge >= 0.3 is 0 Å². The molecule has 1 aliphatic heterocycles. The number of hydrogen-bond acceptors (Lipinski definition) is 10. The zero-order valence-corrected chi connectivity index (χ0v) is 42.4. The summed E-state index contributed by atoms with van der Waals surface area (Å²) in [6, 6.07) is 7.82. The highest BCUT2D eigenvalue weighted by Crippen LogP contribution is 2.51. The van der Waals surface area contributed by atoms with E-state index < -0.39 is 60.5 Å². The number of carbonyl (C=O) groups excluding carboxylic acids is 2. The van der Waals surface area contributed by atoms with E-state index in [2.05, 4.69) is 109 Å². The third kappa shape index (κ3) is 13.5. The normalized spacial score (nSPS) is 21.0. The van der Waals surface area contributed by atoms with Gasteiger partial charge in [0.15, 0.2) is 25.0 Å². The van der Waals surface area contributed by atoms with E-state index in [1.54, 1.807) is 7.11 Å². The van der Waals surface area contributed by atoms with Gasteiger partial charge in [0.2, 0.25) is 5.91 Å². The van der Waals surface area contributed by atoms with Gasteiger partial charge in [0, 0.05) is 26.2 Å². The van der Waals surface area contributed by atoms with E-state index in [9.17, 15) is 9.90 Å². The lowest BCUT2D eigenvalue weighted by Gasteiger charge is -2.45. The molecule has 11 nitrogen and oxygen atoms in total. The molecule has 2 rings (SSSR count). The Balaban J connectivity index is 2.69. The molecular formula is C43H81NO10Si3. The fourth-order valence-corrected chi connectivity index (χ4v) is 9.42. The van der Waals surface area contributed by atoms with Crippen molar-refractivity contribution in [3.8, 4) is 5.75 Å². The number of hydroxylamine groups is 2. The number of Topliss-reactive ketones (excluding diaryl/α,β-unsaturated/α-hetero) is 1. The van der Waals surface area contributed by atoms with Gasteiger partial charge in [-0.1, -0.05) is 81.4 Å². The molecule has 57 heavy (non-hydrogen) atoms. The van der Waals surface area contributed by atoms with Gasteiger partial charge in [-0.3, -0.25) is 14.4 Å². The van der Waals surface area contributed by atoms with Crippen LogP contribution < -0.4 is 4.74 Å². The molecule has 1 unspecified atom stereocenters. The van der Waals surface area contributed by atoms with E-state index in [4.69, 9.17) is 32.3 Å². The molecule has 1 aliphatic rings. The van der Waals surface area contributed by atoms with Gasteiger partial charge in [0.05, 0.1) is 64.0 Å². The Hall–Kier alpha value is -1.47. The first-order valence-corrected chi connectivity index (χ1v) is 29.4. The second kappa shape index (κ2) is 19.5. The van der Waals surface area contributed by atoms with Crippen LogP contribution in [0.4, 0.5) is 0 Å². The lowest BCUT2D eigenvalue weighted by atomic mass is 9.79. The number of ketones is 1. The molecule has 1 saturated heterocycles. The number of ether oxygens (including phenoxy) is 3. The number of epoxide rings is 1. The highest BCUT2D eigenvalue weighted by molar-refractivity contribution is 6.75. The minimum atomic E-state index is -2.56. The Morgan fingerprint density at radius 1 is 0.807 bits per heavy atom. The zero-order chi connectivity index (χ0) is 44.2. The maximum atomic E-state index is 15.5. The molecule has 330 valence electrons. The standard InChI is InChI=1S/C43H81NO10Si3/c1-30(26-50-27-31-21-23-32(48-13)24-22-31)38-43(11,53-38)39(54-57(19,20)42(8,9)10)34(29-52-56(17,18)41(5,6)7)37(47)33(28-51-55(15,16)40(2,3)4)35(45)25-36(46)44(12)49-14/h21-24,30,33-35,38-39,45H,25-29H2,1-20H3/t30-,33-,34-,35+,38+,39-,43?/m0/s1. The average molecular weight is 856 g/mol. The third-order valence-corrected chi connectivity index (χ3v) is 26.9. The number of benzene rings is 1. The molecule has 0 spiro atoms. The van der Waals surface area contributed by atoms with Crippen LogP contribution in [0, 0.1) is 17.8 Å². The maximum Gasteiger partial charge on any atom is 0.248 e. The van der Waals surface area contributed by atoms with Crippen LogP contribution in [-0.4, -0.2) is 112 Å². The van der Waals surface area contributed by atoms with Crippen molar-refractivity contribution in [1.29, 1.82) is 0 Å². The summed E-state index contributed by atoms with van der Waals surface area (Å²) in [5, 5.41) is 12.5. The highest BCUT2D eigenvalue weighted by Gasteiger charge is 2.65. The predicted octanol–water partition coefficient (Wildman–Crippen LogP) is 9.01. The van der Waals surface area contributed by atoms with Gasteiger partial charge in [-0.15, -0.1) is 0 Å². The number of methoxy groups -OCH3 is 1. The Morgan fingerprint density at radius 3 is 1.72 bits per heavy atom. The van der Waals surface area contributed by atoms with Crippen LogP contribution in [0.3, 0.4) is 0 Å². The molecule has 1 heterocycles. The molecule has 0 aromatic heterocycles. The number of carbonyl (C=O) groups is 2. The molecule has 14 heteroatoms. The first-order chi connectivity index (χ1) is 25.8. The lowest BCUT2D eigenvalue weighted by molar-refractivity contribution is -0.171. The van der Waals surface area contributed by atoms with E-state index in [0.29, 0.717) is 13.2 Å². The number of nitrogens with zero attached hydrogens (tertiary/aromatic N) is 1. The Labute approximate surface area is 349 Å². The summed E-state index contributed by atoms with van der Waals surface area (Å²) >= 11 is 0. The predicted molar refractivity (Wildman–Crippen MR) is 236 cm³/mol. The van der Waals surface area contributed by atoms with Crippen molar-refractivity contribution < 1.29 is 47.0 Å². The number of aliphatic hydroxyl groups is 1. The summed E-state index contributed by atoms with van der Waals surface area (Å²) in [6.07, 6.45) is -2.64. The number of amides is 1. The van der Waals surface area contributed by atoms with Gasteiger partial charge in [-0.25, -0.2) is 5.06 Å². The number of aliphatic hydroxyl groups excluding tert-OH is 1. The molecule has 1 N–H and O–H groups in total. The van der Waals surface area contributed by atoms with Gasteiger partial charge in [-0.05, 0) is 79.0 Å². The molecule has 0 bridgehead atoms. The monoisotopic (exact) mass is 856 g/mol. The molecule has 1 amide bonds.